The van der Waals surface area contributed by atoms with Crippen LogP contribution in [0, 0.1) is 0 Å². The van der Waals surface area contributed by atoms with Crippen molar-refractivity contribution in [2.75, 3.05) is 19.8 Å². The van der Waals surface area contributed by atoms with Crippen LogP contribution in [-0.2, 0) is 23.8 Å². The smallest absolute Gasteiger partial charge is 0.306 e. The Kier molecular flexibility index (Phi) is 50.8. The molecule has 0 aromatic rings. The van der Waals surface area contributed by atoms with Crippen molar-refractivity contribution in [3.05, 3.63) is 12.2 Å². The average molecular weight is 847 g/mol. The molecule has 0 N–H and O–H groups in total. The molecule has 0 aliphatic carbocycles. The first-order chi connectivity index (χ1) is 29.6. The van der Waals surface area contributed by atoms with Gasteiger partial charge < -0.3 is 14.2 Å². The molecule has 0 amide bonds. The van der Waals surface area contributed by atoms with E-state index in [0.717, 1.165) is 38.5 Å². The van der Waals surface area contributed by atoms with Gasteiger partial charge in [-0.3, -0.25) is 9.59 Å². The van der Waals surface area contributed by atoms with Gasteiger partial charge in [0.15, 0.2) is 6.10 Å². The first kappa shape index (κ1) is 58.6. The molecule has 0 rings (SSSR count). The average Bonchev–Trinajstić information content (AvgIpc) is 3.25. The highest BCUT2D eigenvalue weighted by atomic mass is 16.6. The van der Waals surface area contributed by atoms with Gasteiger partial charge in [-0.25, -0.2) is 0 Å². The highest BCUT2D eigenvalue weighted by molar-refractivity contribution is 5.70. The van der Waals surface area contributed by atoms with Crippen LogP contribution in [0.5, 0.6) is 0 Å². The normalized spacial score (nSPS) is 12.1. The summed E-state index contributed by atoms with van der Waals surface area (Å²) in [6.07, 6.45) is 59.4. The summed E-state index contributed by atoms with van der Waals surface area (Å²) in [7, 11) is 0. The maximum atomic E-state index is 12.7. The van der Waals surface area contributed by atoms with Crippen LogP contribution in [0.25, 0.3) is 0 Å². The molecule has 60 heavy (non-hydrogen) atoms. The van der Waals surface area contributed by atoms with Crippen LogP contribution in [0.3, 0.4) is 0 Å². The third-order valence-corrected chi connectivity index (χ3v) is 12.3. The molecule has 5 nitrogen and oxygen atoms in total. The molecule has 0 saturated carbocycles. The summed E-state index contributed by atoms with van der Waals surface area (Å²) in [6, 6.07) is 0. The molecule has 1 atom stereocenters. The second-order valence-corrected chi connectivity index (χ2v) is 18.5. The van der Waals surface area contributed by atoms with Crippen LogP contribution in [0.2, 0.25) is 0 Å². The number of unbranched alkanes of at least 4 members (excludes halogenated alkanes) is 38. The zero-order valence-electron chi connectivity index (χ0n) is 41.0. The van der Waals surface area contributed by atoms with Crippen molar-refractivity contribution in [1.82, 2.24) is 0 Å². The lowest BCUT2D eigenvalue weighted by Gasteiger charge is -2.18. The molecule has 0 radical (unpaired) electrons. The maximum absolute atomic E-state index is 12.7. The summed E-state index contributed by atoms with van der Waals surface area (Å²) in [5.74, 6) is -0.381. The Bertz CT molecular complexity index is 871. The quantitative estimate of drug-likeness (QED) is 0.0347. The zero-order chi connectivity index (χ0) is 43.5. The molecular weight excluding hydrogens is 741 g/mol. The van der Waals surface area contributed by atoms with Gasteiger partial charge in [0, 0.05) is 19.4 Å². The van der Waals surface area contributed by atoms with Gasteiger partial charge in [0.1, 0.15) is 6.61 Å². The van der Waals surface area contributed by atoms with Crippen molar-refractivity contribution in [3.8, 4) is 0 Å². The van der Waals surface area contributed by atoms with Crippen LogP contribution in [0.1, 0.15) is 303 Å². The molecule has 1 unspecified atom stereocenters. The Hall–Kier alpha value is -1.36. The number of esters is 2. The highest BCUT2D eigenvalue weighted by Crippen LogP contribution is 2.16. The molecule has 0 heterocycles. The van der Waals surface area contributed by atoms with Crippen molar-refractivity contribution in [1.29, 1.82) is 0 Å². The minimum atomic E-state index is -0.528. The number of allylic oxidation sites excluding steroid dienone is 2. The molecule has 0 bridgehead atoms. The summed E-state index contributed by atoms with van der Waals surface area (Å²) < 4.78 is 17.4. The van der Waals surface area contributed by atoms with E-state index in [1.54, 1.807) is 0 Å². The molecule has 0 fully saturated rings. The summed E-state index contributed by atoms with van der Waals surface area (Å²) in [5, 5.41) is 0. The largest absolute Gasteiger partial charge is 0.462 e. The summed E-state index contributed by atoms with van der Waals surface area (Å²) in [6.45, 7) is 7.86. The van der Waals surface area contributed by atoms with E-state index < -0.39 is 6.10 Å². The van der Waals surface area contributed by atoms with E-state index in [1.807, 2.05) is 0 Å². The Morgan fingerprint density at radius 3 is 1.02 bits per heavy atom. The molecule has 0 aromatic carbocycles. The van der Waals surface area contributed by atoms with Crippen molar-refractivity contribution in [2.24, 2.45) is 0 Å². The van der Waals surface area contributed by atoms with E-state index in [-0.39, 0.29) is 18.5 Å². The van der Waals surface area contributed by atoms with Crippen molar-refractivity contribution < 1.29 is 23.8 Å². The van der Waals surface area contributed by atoms with Crippen LogP contribution >= 0.6 is 0 Å². The van der Waals surface area contributed by atoms with Crippen molar-refractivity contribution in [2.45, 2.75) is 309 Å². The van der Waals surface area contributed by atoms with Crippen molar-refractivity contribution in [3.63, 3.8) is 0 Å². The molecule has 5 heteroatoms. The second-order valence-electron chi connectivity index (χ2n) is 18.5. The minimum Gasteiger partial charge on any atom is -0.462 e. The molecular formula is C55H106O5. The van der Waals surface area contributed by atoms with E-state index in [1.165, 1.54) is 231 Å². The fourth-order valence-corrected chi connectivity index (χ4v) is 8.21. The minimum absolute atomic E-state index is 0.0921. The lowest BCUT2D eigenvalue weighted by atomic mass is 10.0. The third kappa shape index (κ3) is 49.3. The maximum Gasteiger partial charge on any atom is 0.306 e. The van der Waals surface area contributed by atoms with Crippen LogP contribution in [-0.4, -0.2) is 37.9 Å². The molecule has 0 aliphatic rings. The van der Waals surface area contributed by atoms with Gasteiger partial charge in [-0.15, -0.1) is 0 Å². The molecule has 0 saturated heterocycles. The fraction of sp³-hybridized carbons (Fsp3) is 0.927. The Morgan fingerprint density at radius 2 is 0.650 bits per heavy atom. The van der Waals surface area contributed by atoms with Gasteiger partial charge in [0.05, 0.1) is 6.61 Å². The van der Waals surface area contributed by atoms with Crippen LogP contribution in [0.15, 0.2) is 12.2 Å². The van der Waals surface area contributed by atoms with Crippen LogP contribution in [0.4, 0.5) is 0 Å². The molecule has 0 aliphatic heterocycles. The number of ether oxygens (including phenoxy) is 3. The van der Waals surface area contributed by atoms with E-state index in [0.29, 0.717) is 26.1 Å². The predicted molar refractivity (Wildman–Crippen MR) is 261 cm³/mol. The third-order valence-electron chi connectivity index (χ3n) is 12.3. The Balaban J connectivity index is 4.10. The van der Waals surface area contributed by atoms with E-state index in [9.17, 15) is 9.59 Å². The summed E-state index contributed by atoms with van der Waals surface area (Å²) in [5.41, 5.74) is 0. The Morgan fingerprint density at radius 1 is 0.350 bits per heavy atom. The number of carbonyl (C=O) groups excluding carboxylic acids is 2. The summed E-state index contributed by atoms with van der Waals surface area (Å²) in [4.78, 5) is 25.3. The standard InChI is InChI=1S/C55H106O5/c1-4-7-10-13-16-19-21-23-25-27-28-29-30-32-34-37-39-42-45-48-54(56)59-52-53(60-55(57)49-46-43-40-36-18-15-12-9-6-3)51-58-50-47-44-41-38-35-33-31-26-24-22-20-17-14-11-8-5-2/h24,26,53H,4-23,25,27-52H2,1-3H3/b26-24-. The first-order valence-electron chi connectivity index (χ1n) is 27.2. The second kappa shape index (κ2) is 52.0. The highest BCUT2D eigenvalue weighted by Gasteiger charge is 2.17. The van der Waals surface area contributed by atoms with Gasteiger partial charge in [-0.1, -0.05) is 258 Å². The fourth-order valence-electron chi connectivity index (χ4n) is 8.21. The lowest BCUT2D eigenvalue weighted by molar-refractivity contribution is -0.163. The van der Waals surface area contributed by atoms with Crippen molar-refractivity contribution >= 4 is 11.9 Å². The van der Waals surface area contributed by atoms with Gasteiger partial charge in [-0.05, 0) is 44.9 Å². The topological polar surface area (TPSA) is 61.8 Å². The van der Waals surface area contributed by atoms with E-state index in [4.69, 9.17) is 14.2 Å². The van der Waals surface area contributed by atoms with Gasteiger partial charge in [0.2, 0.25) is 0 Å². The lowest BCUT2D eigenvalue weighted by Crippen LogP contribution is -2.30. The number of rotatable bonds is 51. The van der Waals surface area contributed by atoms with Crippen LogP contribution < -0.4 is 0 Å². The summed E-state index contributed by atoms with van der Waals surface area (Å²) >= 11 is 0. The van der Waals surface area contributed by atoms with E-state index >= 15 is 0 Å². The Labute approximate surface area is 375 Å². The van der Waals surface area contributed by atoms with Gasteiger partial charge in [-0.2, -0.15) is 0 Å². The SMILES string of the molecule is CCCCCCCC/C=C\CCCCCCCCOCC(COC(=O)CCCCCCCCCCCCCCCCCCCCC)OC(=O)CCCCCCCCCCC. The van der Waals surface area contributed by atoms with E-state index in [2.05, 4.69) is 32.9 Å². The number of hydrogen-bond acceptors (Lipinski definition) is 5. The zero-order valence-corrected chi connectivity index (χ0v) is 41.0. The number of hydrogen-bond donors (Lipinski definition) is 0. The molecule has 356 valence electrons. The molecule has 0 aromatic heterocycles. The van der Waals surface area contributed by atoms with Gasteiger partial charge in [0.25, 0.3) is 0 Å². The first-order valence-corrected chi connectivity index (χ1v) is 27.2. The number of carbonyl (C=O) groups is 2. The molecule has 0 spiro atoms. The predicted octanol–water partition coefficient (Wildman–Crippen LogP) is 18.2. The van der Waals surface area contributed by atoms with Gasteiger partial charge >= 0.3 is 11.9 Å². The monoisotopic (exact) mass is 847 g/mol.